The number of hydrogen-bond donors (Lipinski definition) is 0. The lowest BCUT2D eigenvalue weighted by atomic mass is 9.85. The second-order valence-electron chi connectivity index (χ2n) is 11.4. The normalized spacial score (nSPS) is 15.4. The van der Waals surface area contributed by atoms with Gasteiger partial charge in [-0.05, 0) is 129 Å². The van der Waals surface area contributed by atoms with Crippen molar-refractivity contribution in [3.63, 3.8) is 0 Å². The molecule has 0 bridgehead atoms. The van der Waals surface area contributed by atoms with Gasteiger partial charge in [-0.2, -0.15) is 0 Å². The van der Waals surface area contributed by atoms with E-state index in [0.29, 0.717) is 0 Å². The van der Waals surface area contributed by atoms with Crippen molar-refractivity contribution in [2.75, 3.05) is 0 Å². The van der Waals surface area contributed by atoms with Crippen molar-refractivity contribution in [2.24, 2.45) is 4.99 Å². The Bertz CT molecular complexity index is 1390. The van der Waals surface area contributed by atoms with Crippen LogP contribution in [0.4, 0.5) is 0 Å². The van der Waals surface area contributed by atoms with E-state index in [1.54, 1.807) is 11.1 Å². The first kappa shape index (κ1) is 32.1. The third kappa shape index (κ3) is 9.02. The molecule has 2 aliphatic carbocycles. The van der Waals surface area contributed by atoms with Crippen LogP contribution in [0.1, 0.15) is 99.6 Å². The van der Waals surface area contributed by atoms with Gasteiger partial charge in [0.05, 0.1) is 0 Å². The van der Waals surface area contributed by atoms with E-state index in [1.165, 1.54) is 63.8 Å². The lowest BCUT2D eigenvalue weighted by Gasteiger charge is -2.19. The largest absolute Gasteiger partial charge is 0.266 e. The molecule has 1 heteroatoms. The van der Waals surface area contributed by atoms with Crippen LogP contribution in [0, 0.1) is 13.8 Å². The Hall–Kier alpha value is -3.45. The fourth-order valence-electron chi connectivity index (χ4n) is 5.69. The number of hydrogen-bond acceptors (Lipinski definition) is 1. The highest BCUT2D eigenvalue weighted by Gasteiger charge is 2.15. The van der Waals surface area contributed by atoms with Gasteiger partial charge >= 0.3 is 0 Å². The van der Waals surface area contributed by atoms with Crippen LogP contribution >= 0.6 is 0 Å². The van der Waals surface area contributed by atoms with E-state index < -0.39 is 0 Å². The van der Waals surface area contributed by atoms with E-state index in [1.807, 2.05) is 19.2 Å². The molecule has 2 aliphatic rings. The summed E-state index contributed by atoms with van der Waals surface area (Å²) in [4.78, 5) is 4.61. The topological polar surface area (TPSA) is 12.4 Å². The van der Waals surface area contributed by atoms with Gasteiger partial charge in [0, 0.05) is 11.9 Å². The van der Waals surface area contributed by atoms with Gasteiger partial charge in [0.25, 0.3) is 0 Å². The Morgan fingerprint density at radius 1 is 0.976 bits per heavy atom. The predicted molar refractivity (Wildman–Crippen MR) is 183 cm³/mol. The standard InChI is InChI=1S/C30H39N.C10H12/c1-8-14-30(31-11-4)25(10-3)21-26-17-18-27(20-23(26)6)29-16-13-12-15-28(29)24(7)19-22(5)9-2;1-8-5-6-9-3-2-4-10(9)7-8/h10-11,15-20H,3,7-9,12-14,21H2,1-2,4-6H3;5-7H,2-4H2,1H3/b22-19+,30-25+,31-11?;. The van der Waals surface area contributed by atoms with Crippen molar-refractivity contribution >= 4 is 11.8 Å². The zero-order chi connectivity index (χ0) is 29.8. The molecule has 0 radical (unpaired) electrons. The van der Waals surface area contributed by atoms with Gasteiger partial charge < -0.3 is 0 Å². The molecule has 0 amide bonds. The number of allylic oxidation sites excluding steroid dienone is 10. The van der Waals surface area contributed by atoms with Crippen molar-refractivity contribution in [1.82, 2.24) is 0 Å². The quantitative estimate of drug-likeness (QED) is 0.208. The zero-order valence-electron chi connectivity index (χ0n) is 26.6. The van der Waals surface area contributed by atoms with E-state index >= 15 is 0 Å². The maximum Gasteiger partial charge on any atom is 0.0434 e. The molecule has 0 atom stereocenters. The van der Waals surface area contributed by atoms with Gasteiger partial charge in [-0.1, -0.05) is 105 Å². The average Bonchev–Trinajstić information content (AvgIpc) is 3.44. The van der Waals surface area contributed by atoms with E-state index in [0.717, 1.165) is 49.8 Å². The van der Waals surface area contributed by atoms with Gasteiger partial charge in [0.1, 0.15) is 0 Å². The van der Waals surface area contributed by atoms with Crippen LogP contribution in [-0.2, 0) is 19.3 Å². The van der Waals surface area contributed by atoms with E-state index in [9.17, 15) is 0 Å². The number of nitrogens with zero attached hydrogens (tertiary/aromatic N) is 1. The second-order valence-corrected chi connectivity index (χ2v) is 11.4. The molecule has 0 spiro atoms. The highest BCUT2D eigenvalue weighted by atomic mass is 14.7. The van der Waals surface area contributed by atoms with Crippen LogP contribution in [0.5, 0.6) is 0 Å². The predicted octanol–water partition coefficient (Wildman–Crippen LogP) is 11.4. The molecule has 2 aromatic carbocycles. The maximum atomic E-state index is 4.61. The van der Waals surface area contributed by atoms with Crippen LogP contribution < -0.4 is 0 Å². The summed E-state index contributed by atoms with van der Waals surface area (Å²) in [5, 5.41) is 0. The molecular formula is C40H51N. The van der Waals surface area contributed by atoms with Crippen molar-refractivity contribution in [3.8, 4) is 0 Å². The van der Waals surface area contributed by atoms with Crippen molar-refractivity contribution in [1.29, 1.82) is 0 Å². The van der Waals surface area contributed by atoms with Gasteiger partial charge in [-0.3, -0.25) is 4.99 Å². The summed E-state index contributed by atoms with van der Waals surface area (Å²) in [5.41, 5.74) is 15.9. The highest BCUT2D eigenvalue weighted by molar-refractivity contribution is 5.85. The molecule has 0 aromatic heterocycles. The Morgan fingerprint density at radius 3 is 2.41 bits per heavy atom. The lowest BCUT2D eigenvalue weighted by Crippen LogP contribution is -2.00. The van der Waals surface area contributed by atoms with Gasteiger partial charge in [0.2, 0.25) is 0 Å². The van der Waals surface area contributed by atoms with Crippen LogP contribution in [0.25, 0.3) is 5.57 Å². The van der Waals surface area contributed by atoms with Crippen LogP contribution in [0.3, 0.4) is 0 Å². The summed E-state index contributed by atoms with van der Waals surface area (Å²) >= 11 is 0. The summed E-state index contributed by atoms with van der Waals surface area (Å²) in [6, 6.07) is 13.7. The summed E-state index contributed by atoms with van der Waals surface area (Å²) in [5.74, 6) is 0. The number of benzene rings is 2. The SMILES string of the molecule is C=C/C(Cc1ccc(C2=CCCC=C2C(=C)/C=C(\C)CC)cc1C)=C(/CCC)N=CC.Cc1ccc2c(c1)CCC2. The number of fused-ring (bicyclic) bond motifs is 1. The molecule has 0 saturated heterocycles. The fourth-order valence-corrected chi connectivity index (χ4v) is 5.69. The first-order valence-electron chi connectivity index (χ1n) is 15.6. The molecule has 0 aliphatic heterocycles. The minimum Gasteiger partial charge on any atom is -0.266 e. The summed E-state index contributed by atoms with van der Waals surface area (Å²) in [6.45, 7) is 21.3. The molecule has 41 heavy (non-hydrogen) atoms. The molecule has 0 unspecified atom stereocenters. The van der Waals surface area contributed by atoms with E-state index in [4.69, 9.17) is 0 Å². The molecule has 0 heterocycles. The number of aliphatic imine (C=N–C) groups is 1. The summed E-state index contributed by atoms with van der Waals surface area (Å²) in [6.07, 6.45) is 20.9. The number of aryl methyl sites for hydroxylation is 4. The third-order valence-electron chi connectivity index (χ3n) is 8.16. The van der Waals surface area contributed by atoms with Crippen molar-refractivity contribution < 1.29 is 0 Å². The van der Waals surface area contributed by atoms with E-state index in [-0.39, 0.29) is 0 Å². The summed E-state index contributed by atoms with van der Waals surface area (Å²) < 4.78 is 0. The Morgan fingerprint density at radius 2 is 1.73 bits per heavy atom. The molecule has 0 saturated carbocycles. The maximum absolute atomic E-state index is 4.61. The van der Waals surface area contributed by atoms with Gasteiger partial charge in [-0.25, -0.2) is 0 Å². The average molecular weight is 546 g/mol. The minimum absolute atomic E-state index is 0.870. The Kier molecular flexibility index (Phi) is 12.6. The molecule has 1 nitrogen and oxygen atoms in total. The third-order valence-corrected chi connectivity index (χ3v) is 8.16. The Balaban J connectivity index is 0.000000382. The Labute approximate surface area is 250 Å². The smallest absolute Gasteiger partial charge is 0.0434 e. The zero-order valence-corrected chi connectivity index (χ0v) is 26.6. The number of rotatable bonds is 10. The summed E-state index contributed by atoms with van der Waals surface area (Å²) in [7, 11) is 0. The van der Waals surface area contributed by atoms with Gasteiger partial charge in [0.15, 0.2) is 0 Å². The highest BCUT2D eigenvalue weighted by Crippen LogP contribution is 2.35. The molecule has 0 N–H and O–H groups in total. The van der Waals surface area contributed by atoms with Crippen LogP contribution in [0.2, 0.25) is 0 Å². The molecular weight excluding hydrogens is 494 g/mol. The van der Waals surface area contributed by atoms with Gasteiger partial charge in [-0.15, -0.1) is 0 Å². The molecule has 2 aromatic rings. The second kappa shape index (κ2) is 16.1. The van der Waals surface area contributed by atoms with E-state index in [2.05, 4.69) is 107 Å². The fraction of sp³-hybridized carbons (Fsp3) is 0.375. The molecule has 4 rings (SSSR count). The minimum atomic E-state index is 0.870. The molecule has 0 fully saturated rings. The van der Waals surface area contributed by atoms with Crippen molar-refractivity contribution in [3.05, 3.63) is 135 Å². The van der Waals surface area contributed by atoms with Crippen LogP contribution in [0.15, 0.2) is 107 Å². The lowest BCUT2D eigenvalue weighted by molar-refractivity contribution is 0.875. The van der Waals surface area contributed by atoms with Crippen LogP contribution in [-0.4, -0.2) is 6.21 Å². The monoisotopic (exact) mass is 545 g/mol. The van der Waals surface area contributed by atoms with Crippen molar-refractivity contribution in [2.45, 2.75) is 99.3 Å². The molecule has 216 valence electrons. The first-order chi connectivity index (χ1) is 19.8. The first-order valence-corrected chi connectivity index (χ1v) is 15.6.